The predicted octanol–water partition coefficient (Wildman–Crippen LogP) is 6.06. The molecule has 2 rings (SSSR count). The molecule has 0 heterocycles. The third-order valence-electron chi connectivity index (χ3n) is 3.85. The first-order valence-corrected chi connectivity index (χ1v) is 9.64. The molecule has 0 saturated carbocycles. The molecular weight excluding hydrogens is 405 g/mol. The smallest absolute Gasteiger partial charge is 0.288 e. The third kappa shape index (κ3) is 4.79. The van der Waals surface area contributed by atoms with Crippen LogP contribution in [-0.2, 0) is 16.9 Å². The summed E-state index contributed by atoms with van der Waals surface area (Å²) in [5, 5.41) is -0.0543. The first kappa shape index (κ1) is 22.1. The van der Waals surface area contributed by atoms with E-state index in [-0.39, 0.29) is 17.4 Å². The Morgan fingerprint density at radius 1 is 0.893 bits per heavy atom. The fourth-order valence-electron chi connectivity index (χ4n) is 2.72. The Kier molecular flexibility index (Phi) is 6.34. The zero-order chi connectivity index (χ0) is 21.3. The van der Waals surface area contributed by atoms with Crippen LogP contribution in [0.4, 0.5) is 26.3 Å². The number of carbonyl (C=O) groups excluding carboxylic acids is 1. The lowest BCUT2D eigenvalue weighted by Gasteiger charge is -2.18. The molecule has 1 atom stereocenters. The van der Waals surface area contributed by atoms with Crippen LogP contribution >= 0.6 is 7.80 Å². The number of alkyl halides is 6. The van der Waals surface area contributed by atoms with Gasteiger partial charge in [0.1, 0.15) is 0 Å². The Bertz CT molecular complexity index is 868. The highest BCUT2D eigenvalue weighted by Gasteiger charge is 2.44. The van der Waals surface area contributed by atoms with E-state index in [0.717, 1.165) is 6.07 Å². The molecule has 0 amide bonds. The number of carbonyl (C=O) groups is 1. The minimum atomic E-state index is -5.17. The molecular formula is C19H16F6O2P+. The van der Waals surface area contributed by atoms with Gasteiger partial charge in [-0.1, -0.05) is 36.6 Å². The van der Waals surface area contributed by atoms with Crippen molar-refractivity contribution < 1.29 is 35.7 Å². The maximum Gasteiger partial charge on any atom is 0.417 e. The summed E-state index contributed by atoms with van der Waals surface area (Å²) in [5.74, 6) is -1.50. The topological polar surface area (TPSA) is 34.1 Å². The Morgan fingerprint density at radius 2 is 1.39 bits per heavy atom. The number of halogens is 6. The Hall–Kier alpha value is -2.21. The van der Waals surface area contributed by atoms with Crippen molar-refractivity contribution in [3.8, 4) is 0 Å². The van der Waals surface area contributed by atoms with E-state index >= 15 is 0 Å². The lowest BCUT2D eigenvalue weighted by atomic mass is 9.92. The average molecular weight is 421 g/mol. The second-order valence-electron chi connectivity index (χ2n) is 6.52. The van der Waals surface area contributed by atoms with Crippen molar-refractivity contribution in [2.45, 2.75) is 26.2 Å². The molecule has 2 aromatic carbocycles. The maximum atomic E-state index is 13.3. The van der Waals surface area contributed by atoms with Crippen molar-refractivity contribution in [2.24, 2.45) is 5.92 Å². The van der Waals surface area contributed by atoms with E-state index in [9.17, 15) is 35.7 Å². The van der Waals surface area contributed by atoms with Gasteiger partial charge in [0.25, 0.3) is 0 Å². The summed E-state index contributed by atoms with van der Waals surface area (Å²) >= 11 is 0. The minimum Gasteiger partial charge on any atom is -0.288 e. The van der Waals surface area contributed by atoms with E-state index in [2.05, 4.69) is 0 Å². The van der Waals surface area contributed by atoms with Crippen molar-refractivity contribution in [1.82, 2.24) is 0 Å². The van der Waals surface area contributed by atoms with E-state index in [1.165, 1.54) is 18.2 Å². The van der Waals surface area contributed by atoms with Gasteiger partial charge >= 0.3 is 20.2 Å². The molecule has 9 heteroatoms. The third-order valence-corrected chi connectivity index (χ3v) is 5.84. The Balaban J connectivity index is 2.74. The molecule has 0 fully saturated rings. The van der Waals surface area contributed by atoms with Crippen LogP contribution in [0, 0.1) is 5.92 Å². The Labute approximate surface area is 158 Å². The number of hydrogen-bond donors (Lipinski definition) is 0. The monoisotopic (exact) mass is 421 g/mol. The molecule has 28 heavy (non-hydrogen) atoms. The van der Waals surface area contributed by atoms with E-state index in [1.807, 2.05) is 0 Å². The first-order valence-electron chi connectivity index (χ1n) is 8.19. The number of hydrogen-bond acceptors (Lipinski definition) is 2. The summed E-state index contributed by atoms with van der Waals surface area (Å²) in [6.07, 6.45) is -10.2. The standard InChI is InChI=1S/C19H16F6O2P/c1-11(2)10-28(27)15-9-4-3-6-12(15)17(26)16-13(18(20,21)22)7-5-8-14(16)19(23,24)25/h3-9,11H,10H2,1-2H3/q+1. The molecule has 0 aliphatic carbocycles. The molecule has 0 N–H and O–H groups in total. The highest BCUT2D eigenvalue weighted by atomic mass is 31.1. The summed E-state index contributed by atoms with van der Waals surface area (Å²) in [4.78, 5) is 12.9. The highest BCUT2D eigenvalue weighted by molar-refractivity contribution is 7.53. The molecule has 0 bridgehead atoms. The van der Waals surface area contributed by atoms with Gasteiger partial charge in [-0.25, -0.2) is 0 Å². The van der Waals surface area contributed by atoms with Crippen molar-refractivity contribution in [2.75, 3.05) is 6.16 Å². The molecule has 0 radical (unpaired) electrons. The molecule has 0 aromatic heterocycles. The lowest BCUT2D eigenvalue weighted by Crippen LogP contribution is -2.23. The van der Waals surface area contributed by atoms with Gasteiger partial charge in [0.15, 0.2) is 11.9 Å². The van der Waals surface area contributed by atoms with Crippen molar-refractivity contribution in [3.05, 3.63) is 64.7 Å². The van der Waals surface area contributed by atoms with Gasteiger partial charge < -0.3 is 0 Å². The predicted molar refractivity (Wildman–Crippen MR) is 93.3 cm³/mol. The zero-order valence-corrected chi connectivity index (χ0v) is 15.8. The first-order chi connectivity index (χ1) is 12.8. The minimum absolute atomic E-state index is 0.0417. The van der Waals surface area contributed by atoms with Gasteiger partial charge in [0.2, 0.25) is 5.30 Å². The van der Waals surface area contributed by atoms with E-state index < -0.39 is 48.2 Å². The van der Waals surface area contributed by atoms with Crippen LogP contribution in [0.15, 0.2) is 42.5 Å². The molecule has 2 nitrogen and oxygen atoms in total. The largest absolute Gasteiger partial charge is 0.417 e. The van der Waals surface area contributed by atoms with Gasteiger partial charge in [-0.15, -0.1) is 0 Å². The summed E-state index contributed by atoms with van der Waals surface area (Å²) in [7, 11) is -2.17. The van der Waals surface area contributed by atoms with E-state index in [4.69, 9.17) is 0 Å². The SMILES string of the molecule is CC(C)C[P+](=O)c1ccccc1C(=O)c1c(C(F)(F)F)cccc1C(F)(F)F. The van der Waals surface area contributed by atoms with Gasteiger partial charge in [0.05, 0.1) is 16.7 Å². The van der Waals surface area contributed by atoms with Gasteiger partial charge in [-0.3, -0.25) is 4.79 Å². The maximum absolute atomic E-state index is 13.3. The van der Waals surface area contributed by atoms with Crippen LogP contribution in [0.3, 0.4) is 0 Å². The van der Waals surface area contributed by atoms with Crippen LogP contribution in [0.1, 0.15) is 40.9 Å². The van der Waals surface area contributed by atoms with Crippen molar-refractivity contribution >= 4 is 18.9 Å². The summed E-state index contributed by atoms with van der Waals surface area (Å²) in [6, 6.07) is 6.58. The number of benzene rings is 2. The quantitative estimate of drug-likeness (QED) is 0.334. The average Bonchev–Trinajstić information content (AvgIpc) is 2.58. The van der Waals surface area contributed by atoms with Gasteiger partial charge in [0, 0.05) is 5.56 Å². The lowest BCUT2D eigenvalue weighted by molar-refractivity contribution is -0.143. The van der Waals surface area contributed by atoms with Crippen molar-refractivity contribution in [1.29, 1.82) is 0 Å². The molecule has 0 aliphatic heterocycles. The second-order valence-corrected chi connectivity index (χ2v) is 8.13. The number of rotatable bonds is 5. The molecule has 1 unspecified atom stereocenters. The van der Waals surface area contributed by atoms with Crippen LogP contribution in [0.2, 0.25) is 0 Å². The molecule has 0 aliphatic rings. The van der Waals surface area contributed by atoms with Gasteiger partial charge in [-0.2, -0.15) is 26.3 Å². The Morgan fingerprint density at radius 3 is 1.86 bits per heavy atom. The molecule has 2 aromatic rings. The summed E-state index contributed by atoms with van der Waals surface area (Å²) < 4.78 is 92.6. The molecule has 0 spiro atoms. The summed E-state index contributed by atoms with van der Waals surface area (Å²) in [6.45, 7) is 3.52. The molecule has 150 valence electrons. The normalized spacial score (nSPS) is 13.0. The van der Waals surface area contributed by atoms with Crippen LogP contribution < -0.4 is 5.30 Å². The fourth-order valence-corrected chi connectivity index (χ4v) is 4.27. The van der Waals surface area contributed by atoms with Crippen LogP contribution in [0.25, 0.3) is 0 Å². The number of ketones is 1. The fraction of sp³-hybridized carbons (Fsp3) is 0.316. The second kappa shape index (κ2) is 8.03. The highest BCUT2D eigenvalue weighted by Crippen LogP contribution is 2.40. The van der Waals surface area contributed by atoms with Crippen LogP contribution in [-0.4, -0.2) is 11.9 Å². The molecule has 0 saturated heterocycles. The van der Waals surface area contributed by atoms with Crippen LogP contribution in [0.5, 0.6) is 0 Å². The van der Waals surface area contributed by atoms with E-state index in [0.29, 0.717) is 18.2 Å². The van der Waals surface area contributed by atoms with Crippen molar-refractivity contribution in [3.63, 3.8) is 0 Å². The van der Waals surface area contributed by atoms with E-state index in [1.54, 1.807) is 13.8 Å². The zero-order valence-electron chi connectivity index (χ0n) is 14.9. The van der Waals surface area contributed by atoms with Gasteiger partial charge in [-0.05, 0) is 30.2 Å². The summed E-state index contributed by atoms with van der Waals surface area (Å²) in [5.41, 5.74) is -5.27.